The van der Waals surface area contributed by atoms with Crippen molar-refractivity contribution in [3.63, 3.8) is 0 Å². The van der Waals surface area contributed by atoms with Gasteiger partial charge in [-0.25, -0.2) is 0 Å². The van der Waals surface area contributed by atoms with E-state index < -0.39 is 0 Å². The van der Waals surface area contributed by atoms with Crippen LogP contribution in [0.2, 0.25) is 4.34 Å². The summed E-state index contributed by atoms with van der Waals surface area (Å²) in [6.07, 6.45) is 2.49. The monoisotopic (exact) mass is 313 g/mol. The first-order chi connectivity index (χ1) is 9.16. The zero-order valence-electron chi connectivity index (χ0n) is 11.4. The quantitative estimate of drug-likeness (QED) is 0.658. The lowest BCUT2D eigenvalue weighted by molar-refractivity contribution is 0.512. The van der Waals surface area contributed by atoms with Crippen LogP contribution >= 0.6 is 34.3 Å². The first-order valence-corrected chi connectivity index (χ1v) is 8.76. The summed E-state index contributed by atoms with van der Waals surface area (Å²) < 4.78 is 0.862. The van der Waals surface area contributed by atoms with E-state index in [0.717, 1.165) is 16.8 Å². The molecule has 0 aliphatic rings. The lowest BCUT2D eigenvalue weighted by Gasteiger charge is -2.16. The van der Waals surface area contributed by atoms with Crippen molar-refractivity contribution in [2.75, 3.05) is 6.54 Å². The Morgan fingerprint density at radius 1 is 1.21 bits per heavy atom. The maximum absolute atomic E-state index is 6.06. The fourth-order valence-electron chi connectivity index (χ4n) is 2.04. The Morgan fingerprint density at radius 3 is 2.63 bits per heavy atom. The molecule has 4 heteroatoms. The summed E-state index contributed by atoms with van der Waals surface area (Å²) in [5.74, 6) is 0.776. The molecule has 1 nitrogen and oxygen atoms in total. The van der Waals surface area contributed by atoms with Crippen LogP contribution in [0.3, 0.4) is 0 Å². The first-order valence-electron chi connectivity index (χ1n) is 6.69. The van der Waals surface area contributed by atoms with Gasteiger partial charge in [0.1, 0.15) is 0 Å². The fraction of sp³-hybridized carbons (Fsp3) is 0.467. The molecular formula is C15H20ClNS2. The van der Waals surface area contributed by atoms with Gasteiger partial charge in [0.15, 0.2) is 0 Å². The molecule has 0 amide bonds. The highest BCUT2D eigenvalue weighted by atomic mass is 35.5. The van der Waals surface area contributed by atoms with Crippen LogP contribution in [0.1, 0.15) is 42.5 Å². The van der Waals surface area contributed by atoms with Crippen molar-refractivity contribution in [3.05, 3.63) is 43.7 Å². The van der Waals surface area contributed by atoms with Crippen LogP contribution in [-0.2, 0) is 0 Å². The molecule has 0 aromatic carbocycles. The first kappa shape index (κ1) is 15.0. The summed E-state index contributed by atoms with van der Waals surface area (Å²) in [4.78, 5) is 2.67. The van der Waals surface area contributed by atoms with Crippen LogP contribution in [0, 0.1) is 5.92 Å². The maximum Gasteiger partial charge on any atom is 0.0931 e. The molecule has 1 atom stereocenters. The zero-order valence-corrected chi connectivity index (χ0v) is 13.7. The van der Waals surface area contributed by atoms with Gasteiger partial charge >= 0.3 is 0 Å². The molecule has 0 bridgehead atoms. The second-order valence-electron chi connectivity index (χ2n) is 5.08. The van der Waals surface area contributed by atoms with Crippen molar-refractivity contribution in [2.24, 2.45) is 5.92 Å². The van der Waals surface area contributed by atoms with E-state index in [1.807, 2.05) is 6.07 Å². The van der Waals surface area contributed by atoms with Crippen LogP contribution in [-0.4, -0.2) is 6.54 Å². The summed E-state index contributed by atoms with van der Waals surface area (Å²) in [5.41, 5.74) is 0. The van der Waals surface area contributed by atoms with Gasteiger partial charge in [0.2, 0.25) is 0 Å². The average molecular weight is 314 g/mol. The molecule has 0 saturated carbocycles. The van der Waals surface area contributed by atoms with Gasteiger partial charge in [0, 0.05) is 9.75 Å². The lowest BCUT2D eigenvalue weighted by Crippen LogP contribution is -2.22. The molecule has 0 fully saturated rings. The highest BCUT2D eigenvalue weighted by Crippen LogP contribution is 2.33. The largest absolute Gasteiger partial charge is 0.305 e. The van der Waals surface area contributed by atoms with Crippen LogP contribution in [0.4, 0.5) is 0 Å². The number of hydrogen-bond acceptors (Lipinski definition) is 3. The minimum atomic E-state index is 0.296. The minimum absolute atomic E-state index is 0.296. The van der Waals surface area contributed by atoms with Gasteiger partial charge in [-0.2, -0.15) is 0 Å². The van der Waals surface area contributed by atoms with Gasteiger partial charge in [-0.3, -0.25) is 0 Å². The van der Waals surface area contributed by atoms with E-state index in [4.69, 9.17) is 11.6 Å². The molecule has 19 heavy (non-hydrogen) atoms. The third-order valence-corrected chi connectivity index (χ3v) is 5.25. The summed E-state index contributed by atoms with van der Waals surface area (Å²) in [6, 6.07) is 8.71. The van der Waals surface area contributed by atoms with Crippen LogP contribution < -0.4 is 5.32 Å². The van der Waals surface area contributed by atoms with Crippen molar-refractivity contribution in [3.8, 4) is 0 Å². The van der Waals surface area contributed by atoms with Crippen molar-refractivity contribution < 1.29 is 0 Å². The number of rotatable bonds is 7. The molecule has 0 spiro atoms. The van der Waals surface area contributed by atoms with E-state index in [-0.39, 0.29) is 0 Å². The normalized spacial score (nSPS) is 13.1. The maximum atomic E-state index is 6.06. The summed E-state index contributed by atoms with van der Waals surface area (Å²) >= 11 is 9.53. The van der Waals surface area contributed by atoms with Crippen molar-refractivity contribution in [1.82, 2.24) is 5.32 Å². The molecule has 0 aliphatic heterocycles. The van der Waals surface area contributed by atoms with Crippen molar-refractivity contribution in [1.29, 1.82) is 0 Å². The van der Waals surface area contributed by atoms with Crippen molar-refractivity contribution >= 4 is 34.3 Å². The van der Waals surface area contributed by atoms with Gasteiger partial charge < -0.3 is 5.32 Å². The predicted molar refractivity (Wildman–Crippen MR) is 87.6 cm³/mol. The highest BCUT2D eigenvalue weighted by molar-refractivity contribution is 7.16. The van der Waals surface area contributed by atoms with E-state index in [0.29, 0.717) is 6.04 Å². The zero-order chi connectivity index (χ0) is 13.7. The third kappa shape index (κ3) is 4.60. The smallest absolute Gasteiger partial charge is 0.0931 e. The Kier molecular flexibility index (Phi) is 5.89. The molecule has 2 aromatic heterocycles. The Morgan fingerprint density at radius 2 is 2.05 bits per heavy atom. The van der Waals surface area contributed by atoms with Gasteiger partial charge in [0.25, 0.3) is 0 Å². The number of thiophene rings is 2. The SMILES string of the molecule is CC(C)CCCNC(c1cccs1)c1ccc(Cl)s1. The van der Waals surface area contributed by atoms with E-state index >= 15 is 0 Å². The lowest BCUT2D eigenvalue weighted by atomic mass is 10.1. The van der Waals surface area contributed by atoms with Gasteiger partial charge in [-0.05, 0) is 48.9 Å². The Balaban J connectivity index is 1.99. The molecular weight excluding hydrogens is 294 g/mol. The highest BCUT2D eigenvalue weighted by Gasteiger charge is 2.16. The average Bonchev–Trinajstić information content (AvgIpc) is 3.00. The molecule has 0 aliphatic carbocycles. The van der Waals surface area contributed by atoms with E-state index in [9.17, 15) is 0 Å². The molecule has 2 rings (SSSR count). The number of nitrogens with one attached hydrogen (secondary N) is 1. The summed E-state index contributed by atoms with van der Waals surface area (Å²) in [6.45, 7) is 5.60. The predicted octanol–water partition coefficient (Wildman–Crippen LogP) is 5.58. The van der Waals surface area contributed by atoms with E-state index in [2.05, 4.69) is 42.7 Å². The van der Waals surface area contributed by atoms with Gasteiger partial charge in [0.05, 0.1) is 10.4 Å². The molecule has 104 valence electrons. The summed E-state index contributed by atoms with van der Waals surface area (Å²) in [7, 11) is 0. The Hall–Kier alpha value is -0.350. The van der Waals surface area contributed by atoms with Gasteiger partial charge in [-0.15, -0.1) is 22.7 Å². The molecule has 0 saturated heterocycles. The van der Waals surface area contributed by atoms with E-state index in [1.165, 1.54) is 22.6 Å². The molecule has 1 N–H and O–H groups in total. The molecule has 2 heterocycles. The minimum Gasteiger partial charge on any atom is -0.305 e. The second-order valence-corrected chi connectivity index (χ2v) is 7.81. The Labute approximate surface area is 128 Å². The molecule has 0 radical (unpaired) electrons. The van der Waals surface area contributed by atoms with Gasteiger partial charge in [-0.1, -0.05) is 31.5 Å². The third-order valence-electron chi connectivity index (χ3n) is 3.01. The Bertz CT molecular complexity index is 476. The number of hydrogen-bond donors (Lipinski definition) is 1. The molecule has 2 aromatic rings. The number of halogens is 1. The molecule has 1 unspecified atom stereocenters. The second kappa shape index (κ2) is 7.44. The standard InChI is InChI=1S/C15H20ClNS2/c1-11(2)5-3-9-17-15(12-6-4-10-18-12)13-7-8-14(16)19-13/h4,6-8,10-11,15,17H,3,5,9H2,1-2H3. The van der Waals surface area contributed by atoms with Crippen LogP contribution in [0.5, 0.6) is 0 Å². The fourth-order valence-corrected chi connectivity index (χ4v) is 4.09. The topological polar surface area (TPSA) is 12.0 Å². The van der Waals surface area contributed by atoms with Crippen molar-refractivity contribution in [2.45, 2.75) is 32.7 Å². The van der Waals surface area contributed by atoms with Crippen LogP contribution in [0.25, 0.3) is 0 Å². The van der Waals surface area contributed by atoms with Crippen LogP contribution in [0.15, 0.2) is 29.6 Å². The van der Waals surface area contributed by atoms with E-state index in [1.54, 1.807) is 22.7 Å². The summed E-state index contributed by atoms with van der Waals surface area (Å²) in [5, 5.41) is 5.80.